The zero-order valence-electron chi connectivity index (χ0n) is 15.8. The van der Waals surface area contributed by atoms with Crippen LogP contribution in [0.15, 0.2) is 72.9 Å². The Morgan fingerprint density at radius 2 is 1.67 bits per heavy atom. The second-order valence-electron chi connectivity index (χ2n) is 6.81. The minimum absolute atomic E-state index is 0.647. The highest BCUT2D eigenvalue weighted by Crippen LogP contribution is 2.30. The molecule has 27 heavy (non-hydrogen) atoms. The summed E-state index contributed by atoms with van der Waals surface area (Å²) in [6, 6.07) is 22.8. The molecule has 0 bridgehead atoms. The third-order valence-electron chi connectivity index (χ3n) is 5.10. The lowest BCUT2D eigenvalue weighted by atomic mass is 10.0. The van der Waals surface area contributed by atoms with Gasteiger partial charge in [0.05, 0.1) is 6.57 Å². The molecule has 0 spiro atoms. The molecule has 0 unspecified atom stereocenters. The van der Waals surface area contributed by atoms with Gasteiger partial charge in [0.2, 0.25) is 16.9 Å². The molecule has 0 N–H and O–H groups in total. The van der Waals surface area contributed by atoms with Crippen molar-refractivity contribution in [2.75, 3.05) is 0 Å². The van der Waals surface area contributed by atoms with E-state index >= 15 is 0 Å². The molecule has 0 fully saturated rings. The van der Waals surface area contributed by atoms with Crippen molar-refractivity contribution < 1.29 is 9.13 Å². The van der Waals surface area contributed by atoms with Gasteiger partial charge in [-0.25, -0.2) is 9.41 Å². The van der Waals surface area contributed by atoms with Crippen LogP contribution in [-0.2, 0) is 7.05 Å². The maximum Gasteiger partial charge on any atom is 0.218 e. The Hall–Kier alpha value is -3.51. The van der Waals surface area contributed by atoms with Crippen molar-refractivity contribution in [3.63, 3.8) is 0 Å². The van der Waals surface area contributed by atoms with Gasteiger partial charge < -0.3 is 0 Å². The maximum absolute atomic E-state index is 7.61. The average molecular weight is 351 g/mol. The fraction of sp³-hybridized carbons (Fsp3) is 0.125. The first-order valence-electron chi connectivity index (χ1n) is 8.98. The van der Waals surface area contributed by atoms with Crippen LogP contribution in [0.2, 0.25) is 0 Å². The molecule has 2 aromatic carbocycles. The molecule has 2 aromatic heterocycles. The summed E-state index contributed by atoms with van der Waals surface area (Å²) in [6.07, 6.45) is 2.04. The molecule has 0 amide bonds. The van der Waals surface area contributed by atoms with E-state index in [1.54, 1.807) is 0 Å². The number of hydrogen-bond donors (Lipinski definition) is 0. The van der Waals surface area contributed by atoms with Crippen LogP contribution in [0.3, 0.4) is 0 Å². The summed E-state index contributed by atoms with van der Waals surface area (Å²) in [5.41, 5.74) is 7.33. The first-order chi connectivity index (χ1) is 13.1. The number of hydrogen-bond acceptors (Lipinski definition) is 0. The van der Waals surface area contributed by atoms with Crippen molar-refractivity contribution in [3.05, 3.63) is 95.6 Å². The van der Waals surface area contributed by atoms with Crippen molar-refractivity contribution in [3.8, 4) is 16.9 Å². The highest BCUT2D eigenvalue weighted by atomic mass is 15.0. The molecular formula is C24H21N3+2. The van der Waals surface area contributed by atoms with Gasteiger partial charge >= 0.3 is 0 Å². The molecule has 3 heteroatoms. The maximum atomic E-state index is 7.61. The van der Waals surface area contributed by atoms with Gasteiger partial charge in [-0.3, -0.25) is 0 Å². The fourth-order valence-electron chi connectivity index (χ4n) is 3.68. The van der Waals surface area contributed by atoms with Crippen molar-refractivity contribution >= 4 is 16.6 Å². The van der Waals surface area contributed by atoms with Crippen LogP contribution >= 0.6 is 0 Å². The number of aryl methyl sites for hydroxylation is 2. The third-order valence-corrected chi connectivity index (χ3v) is 5.10. The van der Waals surface area contributed by atoms with E-state index in [9.17, 15) is 0 Å². The molecule has 0 aliphatic heterocycles. The quantitative estimate of drug-likeness (QED) is 0.364. The topological polar surface area (TPSA) is 12.1 Å². The Labute approximate surface area is 159 Å². The summed E-state index contributed by atoms with van der Waals surface area (Å²) < 4.78 is 4.35. The van der Waals surface area contributed by atoms with Crippen LogP contribution in [0.1, 0.15) is 11.3 Å². The number of nitrogens with zero attached hydrogens (tertiary/aromatic N) is 3. The number of rotatable bonds is 2. The van der Waals surface area contributed by atoms with Gasteiger partial charge in [0.15, 0.2) is 17.6 Å². The van der Waals surface area contributed by atoms with E-state index in [4.69, 9.17) is 6.57 Å². The number of pyridine rings is 2. The van der Waals surface area contributed by atoms with Gasteiger partial charge in [0, 0.05) is 53.8 Å². The number of para-hydroxylation sites is 1. The zero-order valence-corrected chi connectivity index (χ0v) is 15.8. The van der Waals surface area contributed by atoms with Crippen LogP contribution in [0.25, 0.3) is 32.7 Å². The lowest BCUT2D eigenvalue weighted by Gasteiger charge is -2.11. The van der Waals surface area contributed by atoms with E-state index in [1.807, 2.05) is 37.5 Å². The Morgan fingerprint density at radius 3 is 2.44 bits per heavy atom. The molecule has 130 valence electrons. The van der Waals surface area contributed by atoms with Crippen LogP contribution in [-0.4, -0.2) is 0 Å². The average Bonchev–Trinajstić information content (AvgIpc) is 2.69. The SMILES string of the molecule is [C-]#[N+]c1cc(-c2cccc[n+]2C)c(C)c(-[n+]2c(C)ccc3ccccc32)c1. The van der Waals surface area contributed by atoms with Gasteiger partial charge in [-0.1, -0.05) is 12.1 Å². The molecule has 0 radical (unpaired) electrons. The summed E-state index contributed by atoms with van der Waals surface area (Å²) in [6.45, 7) is 11.9. The minimum atomic E-state index is 0.647. The molecular weight excluding hydrogens is 330 g/mol. The molecule has 0 aliphatic rings. The van der Waals surface area contributed by atoms with E-state index in [1.165, 1.54) is 5.39 Å². The molecule has 3 nitrogen and oxygen atoms in total. The second-order valence-corrected chi connectivity index (χ2v) is 6.81. The normalized spacial score (nSPS) is 10.7. The monoisotopic (exact) mass is 351 g/mol. The van der Waals surface area contributed by atoms with E-state index in [-0.39, 0.29) is 0 Å². The van der Waals surface area contributed by atoms with E-state index < -0.39 is 0 Å². The van der Waals surface area contributed by atoms with Gasteiger partial charge in [0.25, 0.3) is 0 Å². The predicted molar refractivity (Wildman–Crippen MR) is 108 cm³/mol. The lowest BCUT2D eigenvalue weighted by molar-refractivity contribution is -0.660. The molecule has 0 atom stereocenters. The molecule has 2 heterocycles. The summed E-state index contributed by atoms with van der Waals surface area (Å²) in [7, 11) is 2.04. The lowest BCUT2D eigenvalue weighted by Crippen LogP contribution is -2.36. The molecule has 0 aliphatic carbocycles. The zero-order chi connectivity index (χ0) is 19.0. The van der Waals surface area contributed by atoms with E-state index in [0.717, 1.165) is 33.7 Å². The van der Waals surface area contributed by atoms with Crippen molar-refractivity contribution in [1.29, 1.82) is 0 Å². The largest absolute Gasteiger partial charge is 0.238 e. The number of benzene rings is 2. The highest BCUT2D eigenvalue weighted by molar-refractivity contribution is 5.77. The third kappa shape index (κ3) is 2.86. The predicted octanol–water partition coefficient (Wildman–Crippen LogP) is 4.78. The van der Waals surface area contributed by atoms with Crippen LogP contribution in [0.4, 0.5) is 5.69 Å². The van der Waals surface area contributed by atoms with Gasteiger partial charge in [-0.15, -0.1) is 0 Å². The summed E-state index contributed by atoms with van der Waals surface area (Å²) in [5, 5.41) is 1.18. The first kappa shape index (κ1) is 16.9. The van der Waals surface area contributed by atoms with Gasteiger partial charge in [-0.05, 0) is 31.2 Å². The van der Waals surface area contributed by atoms with Crippen LogP contribution < -0.4 is 9.13 Å². The van der Waals surface area contributed by atoms with Gasteiger partial charge in [0.1, 0.15) is 7.05 Å². The van der Waals surface area contributed by atoms with Crippen molar-refractivity contribution in [2.24, 2.45) is 7.05 Å². The summed E-state index contributed by atoms with van der Waals surface area (Å²) >= 11 is 0. The van der Waals surface area contributed by atoms with Gasteiger partial charge in [-0.2, -0.15) is 4.57 Å². The Balaban J connectivity index is 2.10. The Bertz CT molecular complexity index is 1220. The van der Waals surface area contributed by atoms with E-state index in [2.05, 4.69) is 70.3 Å². The van der Waals surface area contributed by atoms with Crippen molar-refractivity contribution in [2.45, 2.75) is 13.8 Å². The summed E-state index contributed by atoms with van der Waals surface area (Å²) in [4.78, 5) is 3.75. The fourth-order valence-corrected chi connectivity index (χ4v) is 3.68. The smallest absolute Gasteiger partial charge is 0.218 e. The van der Waals surface area contributed by atoms with E-state index in [0.29, 0.717) is 5.69 Å². The van der Waals surface area contributed by atoms with Crippen LogP contribution in [0.5, 0.6) is 0 Å². The summed E-state index contributed by atoms with van der Waals surface area (Å²) in [5.74, 6) is 0. The Kier molecular flexibility index (Phi) is 4.18. The van der Waals surface area contributed by atoms with Crippen molar-refractivity contribution in [1.82, 2.24) is 0 Å². The minimum Gasteiger partial charge on any atom is -0.238 e. The first-order valence-corrected chi connectivity index (χ1v) is 8.98. The molecule has 0 saturated heterocycles. The molecule has 4 aromatic rings. The number of aromatic nitrogens is 2. The second kappa shape index (κ2) is 6.66. The van der Waals surface area contributed by atoms with Crippen LogP contribution in [0, 0.1) is 20.4 Å². The Morgan fingerprint density at radius 1 is 0.889 bits per heavy atom. The molecule has 0 saturated carbocycles. The molecule has 4 rings (SSSR count). The number of fused-ring (bicyclic) bond motifs is 1. The standard InChI is InChI=1S/C24H21N3/c1-17-12-13-19-9-5-6-10-22(19)27(17)24-16-20(25-3)15-21(18(24)2)23-11-7-8-14-26(23)4/h5-16H,1-2,4H3/q+2. The highest BCUT2D eigenvalue weighted by Gasteiger charge is 2.23.